The van der Waals surface area contributed by atoms with Crippen molar-refractivity contribution in [3.05, 3.63) is 38.9 Å². The molecule has 1 aromatic heterocycles. The van der Waals surface area contributed by atoms with Gasteiger partial charge in [-0.3, -0.25) is 4.57 Å². The fraction of sp³-hybridized carbons (Fsp3) is 0.100. The first-order chi connectivity index (χ1) is 9.19. The standard InChI is InChI=1S/C10H3BrCl4F2N2S/c11-8-9(20-10(14,15)17)18-3-19(8)7-5(12)1-4(16)2-6(7)13/h1-3H. The van der Waals surface area contributed by atoms with Crippen LogP contribution in [0.1, 0.15) is 0 Å². The van der Waals surface area contributed by atoms with Gasteiger partial charge in [0.25, 0.3) is 0 Å². The van der Waals surface area contributed by atoms with Gasteiger partial charge in [-0.15, -0.1) is 0 Å². The summed E-state index contributed by atoms with van der Waals surface area (Å²) in [5.74, 6) is -0.570. The van der Waals surface area contributed by atoms with Crippen LogP contribution in [0.25, 0.3) is 5.69 Å². The summed E-state index contributed by atoms with van der Waals surface area (Å²) in [7, 11) is 0. The summed E-state index contributed by atoms with van der Waals surface area (Å²) in [4.78, 5) is 3.94. The van der Waals surface area contributed by atoms with E-state index >= 15 is 0 Å². The van der Waals surface area contributed by atoms with Crippen LogP contribution in [-0.2, 0) is 0 Å². The van der Waals surface area contributed by atoms with Crippen molar-refractivity contribution >= 4 is 74.1 Å². The van der Waals surface area contributed by atoms with Crippen LogP contribution in [0.4, 0.5) is 8.78 Å². The molecule has 20 heavy (non-hydrogen) atoms. The van der Waals surface area contributed by atoms with Crippen LogP contribution >= 0.6 is 74.1 Å². The molecule has 0 saturated carbocycles. The molecule has 2 aromatic rings. The lowest BCUT2D eigenvalue weighted by molar-refractivity contribution is 0.515. The molecular formula is C10H3BrCl4F2N2S. The molecule has 0 aliphatic carbocycles. The van der Waals surface area contributed by atoms with Crippen molar-refractivity contribution in [3.63, 3.8) is 0 Å². The van der Waals surface area contributed by atoms with Gasteiger partial charge in [0.15, 0.2) is 0 Å². The molecule has 2 nitrogen and oxygen atoms in total. The summed E-state index contributed by atoms with van der Waals surface area (Å²) in [6, 6.07) is 2.20. The molecule has 0 spiro atoms. The zero-order chi connectivity index (χ0) is 15.1. The van der Waals surface area contributed by atoms with E-state index in [9.17, 15) is 8.78 Å². The van der Waals surface area contributed by atoms with Gasteiger partial charge in [-0.1, -0.05) is 46.4 Å². The largest absolute Gasteiger partial charge is 0.310 e. The summed E-state index contributed by atoms with van der Waals surface area (Å²) in [5.41, 5.74) is 0.301. The molecule has 0 unspecified atom stereocenters. The molecule has 10 heteroatoms. The van der Waals surface area contributed by atoms with Gasteiger partial charge in [0.2, 0.25) is 0 Å². The Balaban J connectivity index is 2.50. The Kier molecular flexibility index (Phi) is 5.15. The molecule has 108 valence electrons. The van der Waals surface area contributed by atoms with Crippen molar-refractivity contribution in [1.29, 1.82) is 0 Å². The SMILES string of the molecule is Fc1cc(Cl)c(-n2cnc(SC(F)(Cl)Cl)c2Br)c(Cl)c1. The summed E-state index contributed by atoms with van der Waals surface area (Å²) < 4.78 is 25.6. The number of alkyl halides is 3. The minimum absolute atomic E-state index is 0.0768. The van der Waals surface area contributed by atoms with Gasteiger partial charge < -0.3 is 0 Å². The van der Waals surface area contributed by atoms with Crippen LogP contribution < -0.4 is 0 Å². The van der Waals surface area contributed by atoms with Crippen LogP contribution in [-0.4, -0.2) is 13.5 Å². The monoisotopic (exact) mass is 440 g/mol. The summed E-state index contributed by atoms with van der Waals surface area (Å²) in [5, 5.41) is 0.342. The van der Waals surface area contributed by atoms with Crippen molar-refractivity contribution in [2.24, 2.45) is 0 Å². The molecule has 0 amide bonds. The van der Waals surface area contributed by atoms with Crippen molar-refractivity contribution in [1.82, 2.24) is 9.55 Å². The minimum atomic E-state index is -2.53. The van der Waals surface area contributed by atoms with Crippen molar-refractivity contribution in [3.8, 4) is 5.69 Å². The van der Waals surface area contributed by atoms with Gasteiger partial charge in [0.05, 0.1) is 15.7 Å². The number of benzene rings is 1. The van der Waals surface area contributed by atoms with Gasteiger partial charge in [0, 0.05) is 0 Å². The molecule has 0 N–H and O–H groups in total. The molecule has 0 aliphatic rings. The second kappa shape index (κ2) is 6.18. The predicted molar refractivity (Wildman–Crippen MR) is 82.6 cm³/mol. The number of thioether (sulfide) groups is 1. The molecule has 0 atom stereocenters. The lowest BCUT2D eigenvalue weighted by atomic mass is 10.3. The topological polar surface area (TPSA) is 17.8 Å². The van der Waals surface area contributed by atoms with E-state index in [1.807, 2.05) is 0 Å². The van der Waals surface area contributed by atoms with E-state index in [0.717, 1.165) is 12.1 Å². The Labute approximate surface area is 145 Å². The van der Waals surface area contributed by atoms with E-state index in [4.69, 9.17) is 46.4 Å². The van der Waals surface area contributed by atoms with Crippen molar-refractivity contribution in [2.75, 3.05) is 0 Å². The zero-order valence-corrected chi connectivity index (χ0v) is 14.6. The predicted octanol–water partition coefficient (Wildman–Crippen LogP) is 6.23. The Bertz CT molecular complexity index is 636. The van der Waals surface area contributed by atoms with Gasteiger partial charge in [0.1, 0.15) is 21.8 Å². The maximum Gasteiger partial charge on any atom is 0.310 e. The third-order valence-electron chi connectivity index (χ3n) is 2.11. The lowest BCUT2D eigenvalue weighted by Gasteiger charge is -2.10. The minimum Gasteiger partial charge on any atom is -0.289 e. The van der Waals surface area contributed by atoms with Crippen LogP contribution in [0.5, 0.6) is 0 Å². The van der Waals surface area contributed by atoms with E-state index < -0.39 is 9.74 Å². The first-order valence-corrected chi connectivity index (χ1v) is 7.94. The third-order valence-corrected chi connectivity index (χ3v) is 4.90. The van der Waals surface area contributed by atoms with Crippen LogP contribution in [0, 0.1) is 5.82 Å². The van der Waals surface area contributed by atoms with Crippen LogP contribution in [0.3, 0.4) is 0 Å². The normalized spacial score (nSPS) is 11.9. The smallest absolute Gasteiger partial charge is 0.289 e. The molecule has 0 aliphatic heterocycles. The average Bonchev–Trinajstić information content (AvgIpc) is 2.58. The van der Waals surface area contributed by atoms with Crippen molar-refractivity contribution < 1.29 is 8.78 Å². The lowest BCUT2D eigenvalue weighted by Crippen LogP contribution is -1.98. The van der Waals surface area contributed by atoms with Gasteiger partial charge in [-0.25, -0.2) is 9.37 Å². The second-order valence-corrected chi connectivity index (χ2v) is 7.88. The van der Waals surface area contributed by atoms with E-state index in [0.29, 0.717) is 22.1 Å². The van der Waals surface area contributed by atoms with Crippen molar-refractivity contribution in [2.45, 2.75) is 8.95 Å². The summed E-state index contributed by atoms with van der Waals surface area (Å²) in [6.45, 7) is 0. The number of halogens is 7. The fourth-order valence-corrected chi connectivity index (χ4v) is 3.61. The fourth-order valence-electron chi connectivity index (χ4n) is 1.42. The highest BCUT2D eigenvalue weighted by molar-refractivity contribution is 9.10. The molecule has 1 aromatic carbocycles. The third kappa shape index (κ3) is 3.72. The molecule has 0 saturated heterocycles. The number of imidazole rings is 1. The van der Waals surface area contributed by atoms with E-state index in [-0.39, 0.29) is 15.1 Å². The Morgan fingerprint density at radius 2 is 1.80 bits per heavy atom. The van der Waals surface area contributed by atoms with E-state index in [1.54, 1.807) is 0 Å². The number of hydrogen-bond acceptors (Lipinski definition) is 2. The summed E-state index contributed by atoms with van der Waals surface area (Å²) in [6.07, 6.45) is 1.33. The highest BCUT2D eigenvalue weighted by Crippen LogP contribution is 2.44. The zero-order valence-electron chi connectivity index (χ0n) is 9.18. The second-order valence-electron chi connectivity index (χ2n) is 3.48. The number of rotatable bonds is 3. The van der Waals surface area contributed by atoms with Gasteiger partial charge in [-0.2, -0.15) is 4.39 Å². The average molecular weight is 443 g/mol. The Morgan fingerprint density at radius 1 is 1.25 bits per heavy atom. The molecule has 2 rings (SSSR count). The molecule has 0 bridgehead atoms. The quantitative estimate of drug-likeness (QED) is 0.414. The van der Waals surface area contributed by atoms with E-state index in [1.165, 1.54) is 10.9 Å². The maximum absolute atomic E-state index is 13.2. The first-order valence-electron chi connectivity index (χ1n) is 4.82. The number of nitrogens with zero attached hydrogens (tertiary/aromatic N) is 2. The van der Waals surface area contributed by atoms with E-state index in [2.05, 4.69) is 20.9 Å². The molecule has 0 fully saturated rings. The molecule has 0 radical (unpaired) electrons. The maximum atomic E-state index is 13.2. The van der Waals surface area contributed by atoms with Crippen LogP contribution in [0.15, 0.2) is 28.1 Å². The number of aromatic nitrogens is 2. The van der Waals surface area contributed by atoms with Gasteiger partial charge in [-0.05, 0) is 39.8 Å². The Morgan fingerprint density at radius 3 is 2.30 bits per heavy atom. The van der Waals surface area contributed by atoms with Gasteiger partial charge >= 0.3 is 3.92 Å². The summed E-state index contributed by atoms with van der Waals surface area (Å²) >= 11 is 26.1. The van der Waals surface area contributed by atoms with Crippen LogP contribution in [0.2, 0.25) is 10.0 Å². The molecular weight excluding hydrogens is 440 g/mol. The number of hydrogen-bond donors (Lipinski definition) is 0. The Hall–Kier alpha value is 0.280. The highest BCUT2D eigenvalue weighted by atomic mass is 79.9. The molecule has 1 heterocycles. The highest BCUT2D eigenvalue weighted by Gasteiger charge is 2.28. The first kappa shape index (κ1) is 16.6.